The van der Waals surface area contributed by atoms with Gasteiger partial charge in [-0.25, -0.2) is 13.4 Å². The highest BCUT2D eigenvalue weighted by molar-refractivity contribution is 7.89. The number of piperazine rings is 1. The lowest BCUT2D eigenvalue weighted by molar-refractivity contribution is 0.119. The molecular formula is C19H23N5O2S. The van der Waals surface area contributed by atoms with Crippen LogP contribution in [-0.2, 0) is 10.0 Å². The Morgan fingerprint density at radius 3 is 2.85 bits per heavy atom. The van der Waals surface area contributed by atoms with Gasteiger partial charge in [0.1, 0.15) is 10.7 Å². The number of sulfonamides is 1. The molecule has 0 saturated carbocycles. The number of imidazole rings is 1. The zero-order valence-corrected chi connectivity index (χ0v) is 16.3. The van der Waals surface area contributed by atoms with Gasteiger partial charge in [-0.1, -0.05) is 19.1 Å². The van der Waals surface area contributed by atoms with E-state index < -0.39 is 10.0 Å². The number of likely N-dealkylation sites (N-methyl/N-ethyl adjacent to an activating group) is 1. The predicted molar refractivity (Wildman–Crippen MR) is 104 cm³/mol. The molecule has 4 rings (SSSR count). The number of benzene rings is 1. The summed E-state index contributed by atoms with van der Waals surface area (Å²) in [5, 5.41) is 0.839. The molecule has 8 heteroatoms. The standard InChI is InChI=1S/C19H23N5O2S/c1-3-23-9-10-24(13-16(23)19-20-7-8-21-19)27(25,26)17-6-4-5-15-11-14(2)12-22-18(15)17/h4-8,11-12,16H,3,9-10,13H2,1-2H3,(H,20,21)/t16-/m0/s1. The largest absolute Gasteiger partial charge is 0.347 e. The van der Waals surface area contributed by atoms with Crippen LogP contribution in [0.15, 0.2) is 47.8 Å². The molecule has 0 unspecified atom stereocenters. The Bertz CT molecular complexity index is 1050. The third kappa shape index (κ3) is 3.24. The van der Waals surface area contributed by atoms with Crippen LogP contribution in [0.2, 0.25) is 0 Å². The number of aromatic amines is 1. The van der Waals surface area contributed by atoms with E-state index in [2.05, 4.69) is 26.8 Å². The number of hydrogen-bond acceptors (Lipinski definition) is 5. The minimum atomic E-state index is -3.65. The summed E-state index contributed by atoms with van der Waals surface area (Å²) in [6.45, 7) is 6.36. The van der Waals surface area contributed by atoms with Crippen molar-refractivity contribution in [3.63, 3.8) is 0 Å². The molecule has 1 N–H and O–H groups in total. The minimum absolute atomic E-state index is 0.0845. The number of nitrogens with zero attached hydrogens (tertiary/aromatic N) is 4. The summed E-state index contributed by atoms with van der Waals surface area (Å²) in [4.78, 5) is 14.4. The molecule has 2 aromatic heterocycles. The number of pyridine rings is 1. The molecule has 0 amide bonds. The highest BCUT2D eigenvalue weighted by atomic mass is 32.2. The normalized spacial score (nSPS) is 19.6. The van der Waals surface area contributed by atoms with Crippen molar-refractivity contribution >= 4 is 20.9 Å². The molecule has 3 heterocycles. The maximum atomic E-state index is 13.4. The molecule has 0 spiro atoms. The number of aryl methyl sites for hydroxylation is 1. The number of H-pyrrole nitrogens is 1. The Labute approximate surface area is 159 Å². The number of hydrogen-bond donors (Lipinski definition) is 1. The van der Waals surface area contributed by atoms with Crippen molar-refractivity contribution in [2.45, 2.75) is 24.8 Å². The number of rotatable bonds is 4. The van der Waals surface area contributed by atoms with Crippen molar-refractivity contribution in [1.29, 1.82) is 0 Å². The van der Waals surface area contributed by atoms with E-state index in [1.807, 2.05) is 19.1 Å². The van der Waals surface area contributed by atoms with Crippen molar-refractivity contribution < 1.29 is 8.42 Å². The van der Waals surface area contributed by atoms with E-state index in [4.69, 9.17) is 0 Å². The molecule has 1 saturated heterocycles. The zero-order chi connectivity index (χ0) is 19.0. The Balaban J connectivity index is 1.72. The minimum Gasteiger partial charge on any atom is -0.347 e. The summed E-state index contributed by atoms with van der Waals surface area (Å²) in [6.07, 6.45) is 5.18. The summed E-state index contributed by atoms with van der Waals surface area (Å²) >= 11 is 0. The Kier molecular flexibility index (Phi) is 4.71. The van der Waals surface area contributed by atoms with E-state index in [-0.39, 0.29) is 10.9 Å². The van der Waals surface area contributed by atoms with Gasteiger partial charge in [-0.3, -0.25) is 9.88 Å². The second-order valence-electron chi connectivity index (χ2n) is 6.82. The smallest absolute Gasteiger partial charge is 0.245 e. The molecule has 1 fully saturated rings. The van der Waals surface area contributed by atoms with Crippen LogP contribution in [0.5, 0.6) is 0 Å². The number of aromatic nitrogens is 3. The van der Waals surface area contributed by atoms with Gasteiger partial charge in [0.25, 0.3) is 0 Å². The molecule has 7 nitrogen and oxygen atoms in total. The molecular weight excluding hydrogens is 362 g/mol. The third-order valence-corrected chi connectivity index (χ3v) is 7.02. The molecule has 1 aliphatic heterocycles. The van der Waals surface area contributed by atoms with E-state index >= 15 is 0 Å². The molecule has 0 bridgehead atoms. The van der Waals surface area contributed by atoms with Gasteiger partial charge in [-0.05, 0) is 31.2 Å². The quantitative estimate of drug-likeness (QED) is 0.745. The topological polar surface area (TPSA) is 82.2 Å². The Hall–Kier alpha value is -2.29. The van der Waals surface area contributed by atoms with Crippen LogP contribution in [0, 0.1) is 6.92 Å². The van der Waals surface area contributed by atoms with Gasteiger partial charge in [-0.15, -0.1) is 0 Å². The highest BCUT2D eigenvalue weighted by Gasteiger charge is 2.36. The van der Waals surface area contributed by atoms with Gasteiger partial charge in [0.05, 0.1) is 11.6 Å². The fourth-order valence-electron chi connectivity index (χ4n) is 3.70. The van der Waals surface area contributed by atoms with E-state index in [9.17, 15) is 8.42 Å². The van der Waals surface area contributed by atoms with Crippen LogP contribution in [0.1, 0.15) is 24.4 Å². The number of fused-ring (bicyclic) bond motifs is 1. The first kappa shape index (κ1) is 18.1. The molecule has 1 aromatic carbocycles. The lowest BCUT2D eigenvalue weighted by Crippen LogP contribution is -2.50. The first-order valence-electron chi connectivity index (χ1n) is 9.09. The Morgan fingerprint density at radius 1 is 1.26 bits per heavy atom. The van der Waals surface area contributed by atoms with Gasteiger partial charge in [0, 0.05) is 43.6 Å². The third-order valence-electron chi connectivity index (χ3n) is 5.12. The lowest BCUT2D eigenvalue weighted by Gasteiger charge is -2.39. The van der Waals surface area contributed by atoms with Crippen LogP contribution >= 0.6 is 0 Å². The summed E-state index contributed by atoms with van der Waals surface area (Å²) in [6, 6.07) is 7.20. The summed E-state index contributed by atoms with van der Waals surface area (Å²) in [5.74, 6) is 0.795. The van der Waals surface area contributed by atoms with E-state index in [1.165, 1.54) is 0 Å². The molecule has 0 aliphatic carbocycles. The molecule has 0 radical (unpaired) electrons. The lowest BCUT2D eigenvalue weighted by atomic mass is 10.2. The fraction of sp³-hybridized carbons (Fsp3) is 0.368. The first-order valence-corrected chi connectivity index (χ1v) is 10.5. The van der Waals surface area contributed by atoms with Crippen molar-refractivity contribution in [2.75, 3.05) is 26.2 Å². The number of nitrogens with one attached hydrogen (secondary N) is 1. The van der Waals surface area contributed by atoms with Crippen LogP contribution in [0.25, 0.3) is 10.9 Å². The maximum absolute atomic E-state index is 13.4. The number of para-hydroxylation sites is 1. The molecule has 1 aliphatic rings. The first-order chi connectivity index (χ1) is 13.0. The monoisotopic (exact) mass is 385 g/mol. The second-order valence-corrected chi connectivity index (χ2v) is 8.73. The summed E-state index contributed by atoms with van der Waals surface area (Å²) in [5.41, 5.74) is 1.53. The predicted octanol–water partition coefficient (Wildman–Crippen LogP) is 2.33. The van der Waals surface area contributed by atoms with E-state index in [0.29, 0.717) is 25.2 Å². The highest BCUT2D eigenvalue weighted by Crippen LogP contribution is 2.29. The average molecular weight is 385 g/mol. The van der Waals surface area contributed by atoms with Gasteiger partial charge < -0.3 is 4.98 Å². The average Bonchev–Trinajstić information content (AvgIpc) is 3.21. The van der Waals surface area contributed by atoms with Gasteiger partial charge >= 0.3 is 0 Å². The van der Waals surface area contributed by atoms with Crippen LogP contribution in [-0.4, -0.2) is 58.8 Å². The maximum Gasteiger partial charge on any atom is 0.245 e. The van der Waals surface area contributed by atoms with Crippen LogP contribution in [0.3, 0.4) is 0 Å². The van der Waals surface area contributed by atoms with Gasteiger partial charge in [-0.2, -0.15) is 4.31 Å². The Morgan fingerprint density at radius 2 is 2.11 bits per heavy atom. The molecule has 27 heavy (non-hydrogen) atoms. The van der Waals surface area contributed by atoms with Gasteiger partial charge in [0.2, 0.25) is 10.0 Å². The summed E-state index contributed by atoms with van der Waals surface area (Å²) in [7, 11) is -3.65. The van der Waals surface area contributed by atoms with Crippen molar-refractivity contribution in [1.82, 2.24) is 24.2 Å². The molecule has 1 atom stereocenters. The van der Waals surface area contributed by atoms with Crippen molar-refractivity contribution in [3.8, 4) is 0 Å². The zero-order valence-electron chi connectivity index (χ0n) is 15.5. The van der Waals surface area contributed by atoms with E-state index in [0.717, 1.165) is 23.3 Å². The molecule has 142 valence electrons. The van der Waals surface area contributed by atoms with Crippen LogP contribution < -0.4 is 0 Å². The fourth-order valence-corrected chi connectivity index (χ4v) is 5.30. The van der Waals surface area contributed by atoms with Crippen molar-refractivity contribution in [2.24, 2.45) is 0 Å². The van der Waals surface area contributed by atoms with Gasteiger partial charge in [0.15, 0.2) is 0 Å². The second kappa shape index (κ2) is 7.03. The van der Waals surface area contributed by atoms with Crippen LogP contribution in [0.4, 0.5) is 0 Å². The SMILES string of the molecule is CCN1CCN(S(=O)(=O)c2cccc3cc(C)cnc23)C[C@H]1c1ncc[nH]1. The summed E-state index contributed by atoms with van der Waals surface area (Å²) < 4.78 is 28.4. The van der Waals surface area contributed by atoms with E-state index in [1.54, 1.807) is 35.0 Å². The van der Waals surface area contributed by atoms with Crippen molar-refractivity contribution in [3.05, 3.63) is 54.2 Å². The molecule has 3 aromatic rings.